The minimum absolute atomic E-state index is 0.0381. The van der Waals surface area contributed by atoms with Gasteiger partial charge in [0.1, 0.15) is 0 Å². The van der Waals surface area contributed by atoms with E-state index in [1.807, 2.05) is 6.07 Å². The van der Waals surface area contributed by atoms with E-state index in [4.69, 9.17) is 4.74 Å². The topological polar surface area (TPSA) is 66.9 Å². The highest BCUT2D eigenvalue weighted by Gasteiger charge is 2.46. The quantitative estimate of drug-likeness (QED) is 0.723. The molecule has 1 aromatic rings. The molecule has 2 aliphatic heterocycles. The molecular weight excluding hydrogens is 272 g/mol. The van der Waals surface area contributed by atoms with Crippen molar-refractivity contribution in [2.45, 2.75) is 0 Å². The van der Waals surface area contributed by atoms with E-state index in [1.54, 1.807) is 29.2 Å². The van der Waals surface area contributed by atoms with Gasteiger partial charge in [0.15, 0.2) is 11.7 Å². The Morgan fingerprint density at radius 3 is 2.43 bits per heavy atom. The number of rotatable bonds is 2. The maximum Gasteiger partial charge on any atom is 0.247 e. The molecule has 6 heteroatoms. The zero-order valence-electron chi connectivity index (χ0n) is 11.5. The molecule has 0 N–H and O–H groups in total. The highest BCUT2D eigenvalue weighted by atomic mass is 16.5. The van der Waals surface area contributed by atoms with E-state index < -0.39 is 17.7 Å². The van der Waals surface area contributed by atoms with E-state index in [0.717, 1.165) is 0 Å². The van der Waals surface area contributed by atoms with Crippen LogP contribution in [0, 0.1) is 5.92 Å². The van der Waals surface area contributed by atoms with E-state index in [1.165, 1.54) is 4.90 Å². The van der Waals surface area contributed by atoms with Crippen LogP contribution in [-0.2, 0) is 19.1 Å². The Bertz CT molecular complexity index is 566. The van der Waals surface area contributed by atoms with Crippen molar-refractivity contribution in [3.8, 4) is 0 Å². The van der Waals surface area contributed by atoms with Gasteiger partial charge in [0.2, 0.25) is 11.8 Å². The Morgan fingerprint density at radius 2 is 1.76 bits per heavy atom. The van der Waals surface area contributed by atoms with Gasteiger partial charge in [0.05, 0.1) is 19.8 Å². The fourth-order valence-electron chi connectivity index (χ4n) is 2.65. The van der Waals surface area contributed by atoms with Crippen LogP contribution in [0.4, 0.5) is 5.69 Å². The van der Waals surface area contributed by atoms with Crippen molar-refractivity contribution in [1.29, 1.82) is 0 Å². The summed E-state index contributed by atoms with van der Waals surface area (Å²) < 4.78 is 5.18. The summed E-state index contributed by atoms with van der Waals surface area (Å²) in [7, 11) is 0. The van der Waals surface area contributed by atoms with Gasteiger partial charge >= 0.3 is 0 Å². The van der Waals surface area contributed by atoms with Crippen LogP contribution in [0.5, 0.6) is 0 Å². The number of amides is 2. The summed E-state index contributed by atoms with van der Waals surface area (Å²) in [5.41, 5.74) is 0.646. The van der Waals surface area contributed by atoms with E-state index in [9.17, 15) is 14.4 Å². The number of para-hydroxylation sites is 1. The molecular formula is C15H16N2O4. The number of ether oxygens (including phenoxy) is 1. The van der Waals surface area contributed by atoms with Gasteiger partial charge in [-0.25, -0.2) is 0 Å². The van der Waals surface area contributed by atoms with Crippen molar-refractivity contribution in [2.75, 3.05) is 37.7 Å². The first kappa shape index (κ1) is 13.8. The van der Waals surface area contributed by atoms with E-state index >= 15 is 0 Å². The molecule has 2 fully saturated rings. The summed E-state index contributed by atoms with van der Waals surface area (Å²) in [5, 5.41) is 0. The highest BCUT2D eigenvalue weighted by molar-refractivity contribution is 6.28. The van der Waals surface area contributed by atoms with Crippen molar-refractivity contribution in [3.63, 3.8) is 0 Å². The predicted molar refractivity (Wildman–Crippen MR) is 74.7 cm³/mol. The van der Waals surface area contributed by atoms with Crippen LogP contribution >= 0.6 is 0 Å². The van der Waals surface area contributed by atoms with Crippen molar-refractivity contribution in [2.24, 2.45) is 5.92 Å². The molecule has 0 spiro atoms. The Morgan fingerprint density at radius 1 is 1.10 bits per heavy atom. The van der Waals surface area contributed by atoms with Crippen LogP contribution in [-0.4, -0.2) is 55.3 Å². The highest BCUT2D eigenvalue weighted by Crippen LogP contribution is 2.24. The molecule has 6 nitrogen and oxygen atoms in total. The summed E-state index contributed by atoms with van der Waals surface area (Å²) in [5.74, 6) is -2.35. The number of morpholine rings is 1. The molecule has 0 aromatic heterocycles. The van der Waals surface area contributed by atoms with Crippen molar-refractivity contribution >= 4 is 23.3 Å². The smallest absolute Gasteiger partial charge is 0.247 e. The third-order valence-corrected chi connectivity index (χ3v) is 3.79. The normalized spacial score (nSPS) is 22.8. The Balaban J connectivity index is 1.79. The lowest BCUT2D eigenvalue weighted by Crippen LogP contribution is -2.47. The standard InChI is InChI=1S/C15H16N2O4/c18-12-10-17(11-4-2-1-3-5-11)15(20)13(12)14(19)16-6-8-21-9-7-16/h1-5,13H,6-10H2. The minimum Gasteiger partial charge on any atom is -0.378 e. The average molecular weight is 288 g/mol. The number of benzene rings is 1. The number of hydrogen-bond acceptors (Lipinski definition) is 4. The molecule has 2 amide bonds. The lowest BCUT2D eigenvalue weighted by Gasteiger charge is -2.28. The van der Waals surface area contributed by atoms with Gasteiger partial charge in [-0.1, -0.05) is 18.2 Å². The number of anilines is 1. The summed E-state index contributed by atoms with van der Waals surface area (Å²) in [6.07, 6.45) is 0. The van der Waals surface area contributed by atoms with Crippen molar-refractivity contribution < 1.29 is 19.1 Å². The molecule has 2 heterocycles. The molecule has 0 saturated carbocycles. The average Bonchev–Trinajstić information content (AvgIpc) is 2.83. The van der Waals surface area contributed by atoms with Crippen LogP contribution in [0.15, 0.2) is 30.3 Å². The number of ketones is 1. The second-order valence-electron chi connectivity index (χ2n) is 5.10. The van der Waals surface area contributed by atoms with Crippen molar-refractivity contribution in [3.05, 3.63) is 30.3 Å². The molecule has 0 bridgehead atoms. The maximum absolute atomic E-state index is 12.4. The minimum atomic E-state index is -1.19. The lowest BCUT2D eigenvalue weighted by molar-refractivity contribution is -0.146. The van der Waals surface area contributed by atoms with Crippen LogP contribution in [0.25, 0.3) is 0 Å². The summed E-state index contributed by atoms with van der Waals surface area (Å²) in [6, 6.07) is 8.94. The van der Waals surface area contributed by atoms with Crippen molar-refractivity contribution in [1.82, 2.24) is 4.90 Å². The van der Waals surface area contributed by atoms with Crippen LogP contribution in [0.3, 0.4) is 0 Å². The first-order valence-corrected chi connectivity index (χ1v) is 6.94. The number of carbonyl (C=O) groups is 3. The third kappa shape index (κ3) is 2.54. The van der Waals surface area contributed by atoms with Gasteiger partial charge < -0.3 is 14.5 Å². The van der Waals surface area contributed by atoms with Gasteiger partial charge in [-0.3, -0.25) is 14.4 Å². The maximum atomic E-state index is 12.4. The van der Waals surface area contributed by atoms with Crippen LogP contribution in [0.1, 0.15) is 0 Å². The van der Waals surface area contributed by atoms with Gasteiger partial charge in [0.25, 0.3) is 0 Å². The van der Waals surface area contributed by atoms with Crippen LogP contribution in [0.2, 0.25) is 0 Å². The predicted octanol–water partition coefficient (Wildman–Crippen LogP) is 0.0773. The van der Waals surface area contributed by atoms with Crippen LogP contribution < -0.4 is 4.90 Å². The Kier molecular flexibility index (Phi) is 3.70. The first-order valence-electron chi connectivity index (χ1n) is 6.94. The molecule has 3 rings (SSSR count). The molecule has 1 unspecified atom stereocenters. The molecule has 1 aromatic carbocycles. The number of hydrogen-bond donors (Lipinski definition) is 0. The fourth-order valence-corrected chi connectivity index (χ4v) is 2.65. The number of Topliss-reactive ketones (excluding diaryl/α,β-unsaturated/α-hetero) is 1. The van der Waals surface area contributed by atoms with E-state index in [-0.39, 0.29) is 12.3 Å². The molecule has 0 aliphatic carbocycles. The first-order chi connectivity index (χ1) is 10.2. The zero-order valence-corrected chi connectivity index (χ0v) is 11.5. The second-order valence-corrected chi connectivity index (χ2v) is 5.10. The monoisotopic (exact) mass is 288 g/mol. The molecule has 110 valence electrons. The Hall–Kier alpha value is -2.21. The fraction of sp³-hybridized carbons (Fsp3) is 0.400. The summed E-state index contributed by atoms with van der Waals surface area (Å²) in [4.78, 5) is 39.9. The van der Waals surface area contributed by atoms with Gasteiger partial charge in [-0.2, -0.15) is 0 Å². The van der Waals surface area contributed by atoms with Gasteiger partial charge in [0, 0.05) is 18.8 Å². The summed E-state index contributed by atoms with van der Waals surface area (Å²) in [6.45, 7) is 1.72. The third-order valence-electron chi connectivity index (χ3n) is 3.79. The molecule has 21 heavy (non-hydrogen) atoms. The number of nitrogens with zero attached hydrogens (tertiary/aromatic N) is 2. The molecule has 2 aliphatic rings. The van der Waals surface area contributed by atoms with E-state index in [0.29, 0.717) is 32.0 Å². The molecule has 2 saturated heterocycles. The molecule has 0 radical (unpaired) electrons. The van der Waals surface area contributed by atoms with Gasteiger partial charge in [-0.15, -0.1) is 0 Å². The summed E-state index contributed by atoms with van der Waals surface area (Å²) >= 11 is 0. The largest absolute Gasteiger partial charge is 0.378 e. The molecule has 1 atom stereocenters. The zero-order chi connectivity index (χ0) is 14.8. The SMILES string of the molecule is O=C1CN(c2ccccc2)C(=O)C1C(=O)N1CCOCC1. The Labute approximate surface area is 122 Å². The number of carbonyl (C=O) groups excluding carboxylic acids is 3. The van der Waals surface area contributed by atoms with Gasteiger partial charge in [-0.05, 0) is 12.1 Å². The lowest BCUT2D eigenvalue weighted by atomic mass is 10.1. The van der Waals surface area contributed by atoms with E-state index in [2.05, 4.69) is 0 Å². The second kappa shape index (κ2) is 5.65.